The first-order valence-corrected chi connectivity index (χ1v) is 5.20. The molecule has 3 rings (SSSR count). The van der Waals surface area contributed by atoms with Gasteiger partial charge in [0.05, 0.1) is 22.0 Å². The van der Waals surface area contributed by atoms with Crippen LogP contribution in [0.4, 0.5) is 5.69 Å². The molecule has 90 valence electrons. The highest BCUT2D eigenvalue weighted by Gasteiger charge is 2.16. The number of nitro groups is 1. The standard InChI is InChI=1S/C11H8N4O3/c1-14-10-7(5-12-14)13-9-6(11(10)16)3-2-4-8(9)15(17)18/h2-5H,1H3,(H,13,16). The average molecular weight is 244 g/mol. The molecule has 0 aliphatic carbocycles. The summed E-state index contributed by atoms with van der Waals surface area (Å²) in [4.78, 5) is 25.6. The number of fused-ring (bicyclic) bond motifs is 2. The quantitative estimate of drug-likeness (QED) is 0.516. The maximum atomic E-state index is 12.2. The molecule has 0 radical (unpaired) electrons. The third-order valence-electron chi connectivity index (χ3n) is 2.90. The molecule has 0 spiro atoms. The number of aromatic nitrogens is 3. The van der Waals surface area contributed by atoms with E-state index in [4.69, 9.17) is 0 Å². The predicted molar refractivity (Wildman–Crippen MR) is 65.5 cm³/mol. The Morgan fingerprint density at radius 1 is 1.44 bits per heavy atom. The summed E-state index contributed by atoms with van der Waals surface area (Å²) in [5, 5.41) is 15.2. The number of nitrogens with zero attached hydrogens (tertiary/aromatic N) is 3. The van der Waals surface area contributed by atoms with Gasteiger partial charge in [-0.05, 0) is 6.07 Å². The van der Waals surface area contributed by atoms with Crippen molar-refractivity contribution in [3.05, 3.63) is 44.7 Å². The van der Waals surface area contributed by atoms with Crippen molar-refractivity contribution in [1.82, 2.24) is 14.8 Å². The van der Waals surface area contributed by atoms with Gasteiger partial charge in [-0.25, -0.2) is 0 Å². The van der Waals surface area contributed by atoms with Gasteiger partial charge in [-0.2, -0.15) is 5.10 Å². The highest BCUT2D eigenvalue weighted by molar-refractivity contribution is 5.95. The molecule has 2 heterocycles. The molecule has 7 nitrogen and oxygen atoms in total. The van der Waals surface area contributed by atoms with E-state index < -0.39 is 4.92 Å². The molecular weight excluding hydrogens is 236 g/mol. The van der Waals surface area contributed by atoms with E-state index in [0.717, 1.165) is 0 Å². The van der Waals surface area contributed by atoms with Gasteiger partial charge in [-0.1, -0.05) is 6.07 Å². The normalized spacial score (nSPS) is 11.2. The van der Waals surface area contributed by atoms with Crippen LogP contribution in [-0.2, 0) is 7.05 Å². The lowest BCUT2D eigenvalue weighted by atomic mass is 10.1. The number of H-pyrrole nitrogens is 1. The third-order valence-corrected chi connectivity index (χ3v) is 2.90. The summed E-state index contributed by atoms with van der Waals surface area (Å²) in [6.45, 7) is 0. The van der Waals surface area contributed by atoms with Crippen molar-refractivity contribution in [3.8, 4) is 0 Å². The maximum Gasteiger partial charge on any atom is 0.293 e. The number of hydrogen-bond donors (Lipinski definition) is 1. The fourth-order valence-electron chi connectivity index (χ4n) is 2.07. The van der Waals surface area contributed by atoms with Gasteiger partial charge in [0, 0.05) is 13.1 Å². The molecule has 7 heteroatoms. The van der Waals surface area contributed by atoms with E-state index >= 15 is 0 Å². The van der Waals surface area contributed by atoms with Crippen LogP contribution in [0.3, 0.4) is 0 Å². The zero-order chi connectivity index (χ0) is 12.9. The topological polar surface area (TPSA) is 93.8 Å². The highest BCUT2D eigenvalue weighted by Crippen LogP contribution is 2.23. The Morgan fingerprint density at radius 2 is 2.22 bits per heavy atom. The van der Waals surface area contributed by atoms with Gasteiger partial charge in [0.15, 0.2) is 0 Å². The highest BCUT2D eigenvalue weighted by atomic mass is 16.6. The van der Waals surface area contributed by atoms with Crippen molar-refractivity contribution >= 4 is 27.6 Å². The van der Waals surface area contributed by atoms with Crippen molar-refractivity contribution in [2.75, 3.05) is 0 Å². The summed E-state index contributed by atoms with van der Waals surface area (Å²) >= 11 is 0. The Kier molecular flexibility index (Phi) is 1.97. The second-order valence-corrected chi connectivity index (χ2v) is 3.94. The SMILES string of the molecule is Cn1ncc2[nH]c3c([N+](=O)[O-])cccc3c(=O)c21. The lowest BCUT2D eigenvalue weighted by molar-refractivity contribution is -0.383. The van der Waals surface area contributed by atoms with Crippen LogP contribution < -0.4 is 5.43 Å². The number of non-ortho nitro benzene ring substituents is 1. The van der Waals surface area contributed by atoms with Crippen LogP contribution in [0, 0.1) is 10.1 Å². The Balaban J connectivity index is 2.61. The van der Waals surface area contributed by atoms with Crippen molar-refractivity contribution in [3.63, 3.8) is 0 Å². The number of aromatic amines is 1. The predicted octanol–water partition coefficient (Wildman–Crippen LogP) is 1.32. The zero-order valence-electron chi connectivity index (χ0n) is 9.38. The van der Waals surface area contributed by atoms with E-state index in [1.807, 2.05) is 0 Å². The molecule has 0 unspecified atom stereocenters. The second kappa shape index (κ2) is 3.39. The number of nitro benzene ring substituents is 1. The number of nitrogens with one attached hydrogen (secondary N) is 1. The molecule has 18 heavy (non-hydrogen) atoms. The monoisotopic (exact) mass is 244 g/mol. The maximum absolute atomic E-state index is 12.2. The minimum absolute atomic E-state index is 0.115. The van der Waals surface area contributed by atoms with Gasteiger partial charge in [-0.3, -0.25) is 19.6 Å². The number of rotatable bonds is 1. The van der Waals surface area contributed by atoms with E-state index in [1.54, 1.807) is 13.1 Å². The lowest BCUT2D eigenvalue weighted by Crippen LogP contribution is -2.08. The number of aryl methyl sites for hydroxylation is 1. The van der Waals surface area contributed by atoms with E-state index in [0.29, 0.717) is 16.4 Å². The minimum atomic E-state index is -0.513. The Hall–Kier alpha value is -2.70. The van der Waals surface area contributed by atoms with Gasteiger partial charge in [0.1, 0.15) is 11.0 Å². The molecule has 0 aliphatic rings. The fourth-order valence-corrected chi connectivity index (χ4v) is 2.07. The van der Waals surface area contributed by atoms with E-state index in [2.05, 4.69) is 10.1 Å². The largest absolute Gasteiger partial charge is 0.346 e. The molecule has 1 N–H and O–H groups in total. The summed E-state index contributed by atoms with van der Waals surface area (Å²) < 4.78 is 1.45. The van der Waals surface area contributed by atoms with E-state index in [1.165, 1.54) is 23.0 Å². The van der Waals surface area contributed by atoms with E-state index in [-0.39, 0.29) is 16.6 Å². The lowest BCUT2D eigenvalue weighted by Gasteiger charge is -2.00. The first kappa shape index (κ1) is 10.5. The zero-order valence-corrected chi connectivity index (χ0v) is 9.38. The van der Waals surface area contributed by atoms with Crippen LogP contribution in [0.25, 0.3) is 21.9 Å². The molecule has 3 aromatic rings. The first-order chi connectivity index (χ1) is 8.59. The number of para-hydroxylation sites is 1. The van der Waals surface area contributed by atoms with Crippen LogP contribution >= 0.6 is 0 Å². The van der Waals surface area contributed by atoms with Gasteiger partial charge in [0.2, 0.25) is 5.43 Å². The van der Waals surface area contributed by atoms with Crippen molar-refractivity contribution in [2.24, 2.45) is 7.05 Å². The van der Waals surface area contributed by atoms with Crippen LogP contribution in [-0.4, -0.2) is 19.7 Å². The van der Waals surface area contributed by atoms with Gasteiger partial charge >= 0.3 is 0 Å². The van der Waals surface area contributed by atoms with Crippen LogP contribution in [0.2, 0.25) is 0 Å². The molecule has 0 atom stereocenters. The molecule has 1 aromatic carbocycles. The summed E-state index contributed by atoms with van der Waals surface area (Å²) in [5.41, 5.74) is 0.748. The summed E-state index contributed by atoms with van der Waals surface area (Å²) in [6, 6.07) is 4.42. The summed E-state index contributed by atoms with van der Waals surface area (Å²) in [6.07, 6.45) is 1.48. The van der Waals surface area contributed by atoms with Crippen LogP contribution in [0.5, 0.6) is 0 Å². The van der Waals surface area contributed by atoms with Gasteiger partial charge in [0.25, 0.3) is 5.69 Å². The van der Waals surface area contributed by atoms with Gasteiger partial charge in [-0.15, -0.1) is 0 Å². The second-order valence-electron chi connectivity index (χ2n) is 3.94. The Morgan fingerprint density at radius 3 is 2.94 bits per heavy atom. The number of pyridine rings is 1. The molecular formula is C11H8N4O3. The molecule has 0 saturated heterocycles. The summed E-state index contributed by atoms with van der Waals surface area (Å²) in [7, 11) is 1.65. The molecule has 0 amide bonds. The third kappa shape index (κ3) is 1.24. The minimum Gasteiger partial charge on any atom is -0.346 e. The first-order valence-electron chi connectivity index (χ1n) is 5.20. The Bertz CT molecular complexity index is 846. The van der Waals surface area contributed by atoms with Crippen LogP contribution in [0.15, 0.2) is 29.2 Å². The molecule has 0 saturated carbocycles. The van der Waals surface area contributed by atoms with Crippen molar-refractivity contribution in [1.29, 1.82) is 0 Å². The smallest absolute Gasteiger partial charge is 0.293 e. The van der Waals surface area contributed by atoms with E-state index in [9.17, 15) is 14.9 Å². The number of benzene rings is 1. The summed E-state index contributed by atoms with van der Waals surface area (Å²) in [5.74, 6) is 0. The molecule has 2 aromatic heterocycles. The Labute approximate surface area is 99.8 Å². The van der Waals surface area contributed by atoms with Crippen LogP contribution in [0.1, 0.15) is 0 Å². The molecule has 0 bridgehead atoms. The van der Waals surface area contributed by atoms with Crippen molar-refractivity contribution < 1.29 is 4.92 Å². The van der Waals surface area contributed by atoms with Gasteiger partial charge < -0.3 is 4.98 Å². The number of hydrogen-bond acceptors (Lipinski definition) is 4. The molecule has 0 fully saturated rings. The molecule has 0 aliphatic heterocycles. The average Bonchev–Trinajstić information content (AvgIpc) is 2.70. The van der Waals surface area contributed by atoms with Crippen molar-refractivity contribution in [2.45, 2.75) is 0 Å². The fraction of sp³-hybridized carbons (Fsp3) is 0.0909.